The predicted molar refractivity (Wildman–Crippen MR) is 113 cm³/mol. The van der Waals surface area contributed by atoms with Crippen molar-refractivity contribution in [2.45, 2.75) is 79.6 Å². The van der Waals surface area contributed by atoms with E-state index in [1.807, 2.05) is 0 Å². The third kappa shape index (κ3) is 4.75. The largest absolute Gasteiger partial charge is 0.0625 e. The molecule has 0 atom stereocenters. The van der Waals surface area contributed by atoms with Crippen molar-refractivity contribution in [2.75, 3.05) is 0 Å². The van der Waals surface area contributed by atoms with Gasteiger partial charge >= 0.3 is 0 Å². The van der Waals surface area contributed by atoms with Gasteiger partial charge in [-0.05, 0) is 63.5 Å². The predicted octanol–water partition coefficient (Wildman–Crippen LogP) is 7.46. The molecule has 0 heteroatoms. The molecule has 0 spiro atoms. The van der Waals surface area contributed by atoms with Crippen molar-refractivity contribution < 1.29 is 0 Å². The van der Waals surface area contributed by atoms with Gasteiger partial charge in [0.2, 0.25) is 0 Å². The normalized spacial score (nSPS) is 12.7. The molecule has 0 unspecified atom stereocenters. The SMILES string of the molecule is Cc1c(CC(C)C)cc(C(C)(C)C)cc1-c1ccc(C(C)(C)C)cc1. The van der Waals surface area contributed by atoms with E-state index in [4.69, 9.17) is 0 Å². The van der Waals surface area contributed by atoms with Crippen LogP contribution in [0.4, 0.5) is 0 Å². The third-order valence-corrected chi connectivity index (χ3v) is 5.07. The lowest BCUT2D eigenvalue weighted by molar-refractivity contribution is 0.586. The van der Waals surface area contributed by atoms with Crippen LogP contribution in [-0.2, 0) is 17.3 Å². The molecule has 136 valence electrons. The molecule has 0 aliphatic heterocycles. The Hall–Kier alpha value is -1.56. The maximum absolute atomic E-state index is 2.43. The second kappa shape index (κ2) is 6.98. The Bertz CT molecular complexity index is 716. The standard InChI is InChI=1S/C25H36/c1-17(2)14-20-15-22(25(7,8)9)16-23(18(20)3)19-10-12-21(13-11-19)24(4,5)6/h10-13,15-17H,14H2,1-9H3. The van der Waals surface area contributed by atoms with Crippen LogP contribution in [0.5, 0.6) is 0 Å². The number of hydrogen-bond acceptors (Lipinski definition) is 0. The van der Waals surface area contributed by atoms with Crippen molar-refractivity contribution >= 4 is 0 Å². The van der Waals surface area contributed by atoms with Crippen molar-refractivity contribution in [2.24, 2.45) is 5.92 Å². The van der Waals surface area contributed by atoms with Crippen LogP contribution < -0.4 is 0 Å². The highest BCUT2D eigenvalue weighted by molar-refractivity contribution is 5.70. The lowest BCUT2D eigenvalue weighted by Crippen LogP contribution is -2.13. The molecule has 2 aromatic rings. The first kappa shape index (κ1) is 19.8. The first-order valence-electron chi connectivity index (χ1n) is 9.64. The zero-order chi connectivity index (χ0) is 19.0. The van der Waals surface area contributed by atoms with E-state index in [0.717, 1.165) is 6.42 Å². The summed E-state index contributed by atoms with van der Waals surface area (Å²) < 4.78 is 0. The van der Waals surface area contributed by atoms with Crippen molar-refractivity contribution in [1.29, 1.82) is 0 Å². The average Bonchev–Trinajstić information content (AvgIpc) is 2.47. The molecule has 0 nitrogen and oxygen atoms in total. The zero-order valence-corrected chi connectivity index (χ0v) is 17.7. The highest BCUT2D eigenvalue weighted by Gasteiger charge is 2.19. The molecular weight excluding hydrogens is 300 g/mol. The van der Waals surface area contributed by atoms with E-state index in [1.165, 1.54) is 33.4 Å². The molecule has 0 fully saturated rings. The smallest absolute Gasteiger partial charge is 0.0132 e. The lowest BCUT2D eigenvalue weighted by atomic mass is 9.80. The summed E-state index contributed by atoms with van der Waals surface area (Å²) in [4.78, 5) is 0. The maximum atomic E-state index is 2.43. The van der Waals surface area contributed by atoms with E-state index >= 15 is 0 Å². The van der Waals surface area contributed by atoms with E-state index < -0.39 is 0 Å². The minimum Gasteiger partial charge on any atom is -0.0625 e. The van der Waals surface area contributed by atoms with Crippen molar-refractivity contribution in [3.8, 4) is 11.1 Å². The summed E-state index contributed by atoms with van der Waals surface area (Å²) in [5.74, 6) is 0.671. The Morgan fingerprint density at radius 1 is 0.760 bits per heavy atom. The summed E-state index contributed by atoms with van der Waals surface area (Å²) in [6, 6.07) is 14.0. The third-order valence-electron chi connectivity index (χ3n) is 5.07. The summed E-state index contributed by atoms with van der Waals surface area (Å²) in [5.41, 5.74) is 8.85. The van der Waals surface area contributed by atoms with Gasteiger partial charge in [0.25, 0.3) is 0 Å². The van der Waals surface area contributed by atoms with Gasteiger partial charge in [-0.2, -0.15) is 0 Å². The molecule has 0 bridgehead atoms. The zero-order valence-electron chi connectivity index (χ0n) is 17.7. The molecule has 0 amide bonds. The number of benzene rings is 2. The fourth-order valence-electron chi connectivity index (χ4n) is 3.31. The van der Waals surface area contributed by atoms with Gasteiger partial charge in [-0.3, -0.25) is 0 Å². The molecule has 25 heavy (non-hydrogen) atoms. The second-order valence-corrected chi connectivity index (χ2v) is 9.98. The van der Waals surface area contributed by atoms with Gasteiger partial charge in [0.15, 0.2) is 0 Å². The highest BCUT2D eigenvalue weighted by atomic mass is 14.2. The molecule has 0 saturated carbocycles. The van der Waals surface area contributed by atoms with Crippen LogP contribution >= 0.6 is 0 Å². The van der Waals surface area contributed by atoms with E-state index in [0.29, 0.717) is 5.92 Å². The minimum absolute atomic E-state index is 0.166. The summed E-state index contributed by atoms with van der Waals surface area (Å²) >= 11 is 0. The molecule has 0 saturated heterocycles. The van der Waals surface area contributed by atoms with Gasteiger partial charge in [0, 0.05) is 0 Å². The Kier molecular flexibility index (Phi) is 5.52. The molecule has 2 rings (SSSR count). The Morgan fingerprint density at radius 3 is 1.72 bits per heavy atom. The number of rotatable bonds is 3. The summed E-state index contributed by atoms with van der Waals surface area (Å²) in [7, 11) is 0. The Balaban J connectivity index is 2.59. The summed E-state index contributed by atoms with van der Waals surface area (Å²) in [6.45, 7) is 20.6. The van der Waals surface area contributed by atoms with Crippen LogP contribution in [0.2, 0.25) is 0 Å². The van der Waals surface area contributed by atoms with Crippen LogP contribution in [0.1, 0.15) is 77.6 Å². The van der Waals surface area contributed by atoms with Gasteiger partial charge < -0.3 is 0 Å². The molecule has 0 aromatic heterocycles. The first-order valence-corrected chi connectivity index (χ1v) is 9.64. The second-order valence-electron chi connectivity index (χ2n) is 9.98. The maximum Gasteiger partial charge on any atom is -0.0132 e. The highest BCUT2D eigenvalue weighted by Crippen LogP contribution is 2.34. The van der Waals surface area contributed by atoms with Crippen LogP contribution in [0.15, 0.2) is 36.4 Å². The monoisotopic (exact) mass is 336 g/mol. The van der Waals surface area contributed by atoms with Crippen molar-refractivity contribution in [3.05, 3.63) is 58.7 Å². The summed E-state index contributed by atoms with van der Waals surface area (Å²) in [5, 5.41) is 0. The van der Waals surface area contributed by atoms with Gasteiger partial charge in [-0.1, -0.05) is 91.8 Å². The van der Waals surface area contributed by atoms with E-state index in [1.54, 1.807) is 0 Å². The molecule has 0 aliphatic carbocycles. The fourth-order valence-corrected chi connectivity index (χ4v) is 3.31. The fraction of sp³-hybridized carbons (Fsp3) is 0.520. The van der Waals surface area contributed by atoms with Gasteiger partial charge in [0.1, 0.15) is 0 Å². The lowest BCUT2D eigenvalue weighted by Gasteiger charge is -2.24. The van der Waals surface area contributed by atoms with E-state index in [2.05, 4.69) is 98.7 Å². The molecule has 2 aromatic carbocycles. The quantitative estimate of drug-likeness (QED) is 0.546. The molecule has 0 radical (unpaired) electrons. The average molecular weight is 337 g/mol. The van der Waals surface area contributed by atoms with Gasteiger partial charge in [-0.15, -0.1) is 0 Å². The van der Waals surface area contributed by atoms with Crippen molar-refractivity contribution in [1.82, 2.24) is 0 Å². The molecule has 0 N–H and O–H groups in total. The Labute approximate surface area is 155 Å². The summed E-state index contributed by atoms with van der Waals surface area (Å²) in [6.07, 6.45) is 1.14. The first-order chi connectivity index (χ1) is 11.4. The van der Waals surface area contributed by atoms with Crippen molar-refractivity contribution in [3.63, 3.8) is 0 Å². The van der Waals surface area contributed by atoms with Gasteiger partial charge in [0.05, 0.1) is 0 Å². The Morgan fingerprint density at radius 2 is 1.28 bits per heavy atom. The molecule has 0 aliphatic rings. The van der Waals surface area contributed by atoms with Crippen LogP contribution in [0, 0.1) is 12.8 Å². The molecular formula is C25H36. The van der Waals surface area contributed by atoms with E-state index in [-0.39, 0.29) is 10.8 Å². The van der Waals surface area contributed by atoms with Crippen LogP contribution in [0.25, 0.3) is 11.1 Å². The molecule has 0 heterocycles. The van der Waals surface area contributed by atoms with E-state index in [9.17, 15) is 0 Å². The van der Waals surface area contributed by atoms with Crippen LogP contribution in [0.3, 0.4) is 0 Å². The minimum atomic E-state index is 0.166. The van der Waals surface area contributed by atoms with Gasteiger partial charge in [-0.25, -0.2) is 0 Å². The number of hydrogen-bond donors (Lipinski definition) is 0. The van der Waals surface area contributed by atoms with Crippen LogP contribution in [-0.4, -0.2) is 0 Å². The topological polar surface area (TPSA) is 0 Å².